The average molecular weight is 363 g/mol. The number of carbonyl (C=O) groups excluding carboxylic acids is 1. The lowest BCUT2D eigenvalue weighted by molar-refractivity contribution is 0.0954. The Labute approximate surface area is 159 Å². The first-order chi connectivity index (χ1) is 13.1. The molecule has 27 heavy (non-hydrogen) atoms. The second kappa shape index (κ2) is 8.54. The van der Waals surface area contributed by atoms with E-state index in [0.717, 1.165) is 19.5 Å². The number of amides is 1. The number of rotatable bonds is 7. The summed E-state index contributed by atoms with van der Waals surface area (Å²) in [7, 11) is 1.67. The molecule has 5 heteroatoms. The Morgan fingerprint density at radius 2 is 1.70 bits per heavy atom. The van der Waals surface area contributed by atoms with Crippen molar-refractivity contribution in [1.29, 1.82) is 0 Å². The molecule has 2 aromatic carbocycles. The van der Waals surface area contributed by atoms with Gasteiger partial charge in [0.05, 0.1) is 5.56 Å². The van der Waals surface area contributed by atoms with E-state index in [1.165, 1.54) is 10.3 Å². The Morgan fingerprint density at radius 1 is 1.04 bits per heavy atom. The molecule has 0 spiro atoms. The van der Waals surface area contributed by atoms with Gasteiger partial charge in [0.1, 0.15) is 0 Å². The Morgan fingerprint density at radius 3 is 2.41 bits per heavy atom. The lowest BCUT2D eigenvalue weighted by Crippen LogP contribution is -2.31. The zero-order chi connectivity index (χ0) is 19.2. The van der Waals surface area contributed by atoms with Gasteiger partial charge in [0.25, 0.3) is 11.5 Å². The van der Waals surface area contributed by atoms with Crippen LogP contribution in [0.4, 0.5) is 5.69 Å². The molecule has 3 aromatic rings. The van der Waals surface area contributed by atoms with Crippen LogP contribution in [0.1, 0.15) is 23.7 Å². The lowest BCUT2D eigenvalue weighted by Gasteiger charge is -2.23. The molecule has 0 aliphatic carbocycles. The SMILES string of the molecule is CCN(CCCNC(=O)c1cn(C)c(=O)c2ccccc12)c1ccccc1. The smallest absolute Gasteiger partial charge is 0.258 e. The molecule has 0 bridgehead atoms. The lowest BCUT2D eigenvalue weighted by atomic mass is 10.1. The van der Waals surface area contributed by atoms with E-state index >= 15 is 0 Å². The largest absolute Gasteiger partial charge is 0.372 e. The number of hydrogen-bond acceptors (Lipinski definition) is 3. The fourth-order valence-corrected chi connectivity index (χ4v) is 3.27. The molecule has 5 nitrogen and oxygen atoms in total. The van der Waals surface area contributed by atoms with E-state index < -0.39 is 0 Å². The average Bonchev–Trinajstić information content (AvgIpc) is 2.71. The number of anilines is 1. The molecule has 140 valence electrons. The van der Waals surface area contributed by atoms with Crippen molar-refractivity contribution in [3.05, 3.63) is 76.7 Å². The Balaban J connectivity index is 1.64. The molecule has 1 aromatic heterocycles. The van der Waals surface area contributed by atoms with Crippen LogP contribution in [-0.4, -0.2) is 30.1 Å². The number of pyridine rings is 1. The zero-order valence-corrected chi connectivity index (χ0v) is 15.8. The van der Waals surface area contributed by atoms with E-state index in [4.69, 9.17) is 0 Å². The number of para-hydroxylation sites is 1. The van der Waals surface area contributed by atoms with Crippen molar-refractivity contribution in [2.75, 3.05) is 24.5 Å². The predicted octanol–water partition coefficient (Wildman–Crippen LogP) is 3.18. The number of aromatic nitrogens is 1. The van der Waals surface area contributed by atoms with E-state index in [9.17, 15) is 9.59 Å². The van der Waals surface area contributed by atoms with Crippen molar-refractivity contribution in [2.24, 2.45) is 7.05 Å². The predicted molar refractivity (Wildman–Crippen MR) is 110 cm³/mol. The second-order valence-electron chi connectivity index (χ2n) is 6.53. The number of carbonyl (C=O) groups is 1. The van der Waals surface area contributed by atoms with Crippen LogP contribution < -0.4 is 15.8 Å². The van der Waals surface area contributed by atoms with Crippen LogP contribution >= 0.6 is 0 Å². The Kier molecular flexibility index (Phi) is 5.91. The normalized spacial score (nSPS) is 10.7. The Bertz CT molecular complexity index is 980. The highest BCUT2D eigenvalue weighted by atomic mass is 16.2. The summed E-state index contributed by atoms with van der Waals surface area (Å²) >= 11 is 0. The minimum absolute atomic E-state index is 0.0939. The molecule has 0 fully saturated rings. The van der Waals surface area contributed by atoms with Crippen molar-refractivity contribution in [3.8, 4) is 0 Å². The number of aryl methyl sites for hydroxylation is 1. The van der Waals surface area contributed by atoms with Gasteiger partial charge in [-0.25, -0.2) is 0 Å². The number of nitrogens with one attached hydrogen (secondary N) is 1. The van der Waals surface area contributed by atoms with Crippen molar-refractivity contribution < 1.29 is 4.79 Å². The van der Waals surface area contributed by atoms with Gasteiger partial charge in [0, 0.05) is 49.3 Å². The van der Waals surface area contributed by atoms with Crippen molar-refractivity contribution in [3.63, 3.8) is 0 Å². The minimum Gasteiger partial charge on any atom is -0.372 e. The van der Waals surface area contributed by atoms with E-state index in [2.05, 4.69) is 29.3 Å². The molecule has 0 atom stereocenters. The molecule has 1 N–H and O–H groups in total. The zero-order valence-electron chi connectivity index (χ0n) is 15.8. The fourth-order valence-electron chi connectivity index (χ4n) is 3.27. The summed E-state index contributed by atoms with van der Waals surface area (Å²) < 4.78 is 1.46. The van der Waals surface area contributed by atoms with Crippen LogP contribution in [-0.2, 0) is 7.05 Å². The van der Waals surface area contributed by atoms with Crippen LogP contribution in [0.25, 0.3) is 10.8 Å². The third-order valence-corrected chi connectivity index (χ3v) is 4.73. The summed E-state index contributed by atoms with van der Waals surface area (Å²) in [6, 6.07) is 17.5. The van der Waals surface area contributed by atoms with E-state index in [-0.39, 0.29) is 11.5 Å². The van der Waals surface area contributed by atoms with Gasteiger partial charge in [-0.2, -0.15) is 0 Å². The molecule has 3 rings (SSSR count). The maximum atomic E-state index is 12.7. The van der Waals surface area contributed by atoms with Crippen LogP contribution in [0.3, 0.4) is 0 Å². The van der Waals surface area contributed by atoms with E-state index in [0.29, 0.717) is 22.9 Å². The third-order valence-electron chi connectivity index (χ3n) is 4.73. The van der Waals surface area contributed by atoms with Crippen LogP contribution in [0.2, 0.25) is 0 Å². The van der Waals surface area contributed by atoms with E-state index in [1.807, 2.05) is 36.4 Å². The summed E-state index contributed by atoms with van der Waals surface area (Å²) in [6.45, 7) is 4.50. The van der Waals surface area contributed by atoms with Crippen LogP contribution in [0, 0.1) is 0 Å². The monoisotopic (exact) mass is 363 g/mol. The standard InChI is InChI=1S/C22H25N3O2/c1-3-25(17-10-5-4-6-11-17)15-9-14-23-21(26)20-16-24(2)22(27)19-13-8-7-12-18(19)20/h4-8,10-13,16H,3,9,14-15H2,1-2H3,(H,23,26). The Hall–Kier alpha value is -3.08. The first kappa shape index (κ1) is 18.7. The molecule has 0 radical (unpaired) electrons. The summed E-state index contributed by atoms with van der Waals surface area (Å²) in [4.78, 5) is 27.2. The van der Waals surface area contributed by atoms with Crippen molar-refractivity contribution in [1.82, 2.24) is 9.88 Å². The van der Waals surface area contributed by atoms with Gasteiger partial charge in [0.2, 0.25) is 0 Å². The van der Waals surface area contributed by atoms with Crippen LogP contribution in [0.5, 0.6) is 0 Å². The van der Waals surface area contributed by atoms with Gasteiger partial charge >= 0.3 is 0 Å². The van der Waals surface area contributed by atoms with Gasteiger partial charge in [-0.15, -0.1) is 0 Å². The molecular weight excluding hydrogens is 338 g/mol. The quantitative estimate of drug-likeness (QED) is 0.656. The highest BCUT2D eigenvalue weighted by Gasteiger charge is 2.13. The number of benzene rings is 2. The molecule has 0 aliphatic heterocycles. The van der Waals surface area contributed by atoms with Crippen molar-refractivity contribution in [2.45, 2.75) is 13.3 Å². The fraction of sp³-hybridized carbons (Fsp3) is 0.273. The van der Waals surface area contributed by atoms with Gasteiger partial charge < -0.3 is 14.8 Å². The van der Waals surface area contributed by atoms with E-state index in [1.54, 1.807) is 19.3 Å². The molecule has 0 unspecified atom stereocenters. The number of nitrogens with zero attached hydrogens (tertiary/aromatic N) is 2. The summed E-state index contributed by atoms with van der Waals surface area (Å²) in [5.74, 6) is -0.149. The number of hydrogen-bond donors (Lipinski definition) is 1. The van der Waals surface area contributed by atoms with Crippen LogP contribution in [0.15, 0.2) is 65.6 Å². The summed E-state index contributed by atoms with van der Waals surface area (Å²) in [5.41, 5.74) is 1.63. The van der Waals surface area contributed by atoms with Gasteiger partial charge in [-0.3, -0.25) is 9.59 Å². The molecular formula is C22H25N3O2. The summed E-state index contributed by atoms with van der Waals surface area (Å²) in [6.07, 6.45) is 2.46. The van der Waals surface area contributed by atoms with Gasteiger partial charge in [-0.05, 0) is 31.5 Å². The third kappa shape index (κ3) is 4.19. The van der Waals surface area contributed by atoms with Gasteiger partial charge in [0.15, 0.2) is 0 Å². The first-order valence-corrected chi connectivity index (χ1v) is 9.28. The summed E-state index contributed by atoms with van der Waals surface area (Å²) in [5, 5.41) is 4.24. The minimum atomic E-state index is -0.149. The molecule has 1 heterocycles. The molecule has 1 amide bonds. The first-order valence-electron chi connectivity index (χ1n) is 9.28. The van der Waals surface area contributed by atoms with Gasteiger partial charge in [-0.1, -0.05) is 36.4 Å². The molecule has 0 saturated carbocycles. The number of fused-ring (bicyclic) bond motifs is 1. The second-order valence-corrected chi connectivity index (χ2v) is 6.53. The maximum Gasteiger partial charge on any atom is 0.258 e. The highest BCUT2D eigenvalue weighted by molar-refractivity contribution is 6.06. The highest BCUT2D eigenvalue weighted by Crippen LogP contribution is 2.15. The van der Waals surface area contributed by atoms with Crippen molar-refractivity contribution >= 4 is 22.4 Å². The molecule has 0 aliphatic rings. The maximum absolute atomic E-state index is 12.7. The topological polar surface area (TPSA) is 54.3 Å². The molecule has 0 saturated heterocycles.